The van der Waals surface area contributed by atoms with Crippen LogP contribution in [0.5, 0.6) is 0 Å². The van der Waals surface area contributed by atoms with Crippen molar-refractivity contribution in [3.8, 4) is 0 Å². The number of ether oxygens (including phenoxy) is 1. The van der Waals surface area contributed by atoms with E-state index in [0.717, 1.165) is 16.5 Å². The van der Waals surface area contributed by atoms with Crippen molar-refractivity contribution in [2.45, 2.75) is 19.9 Å². The van der Waals surface area contributed by atoms with E-state index < -0.39 is 0 Å². The molecular weight excluding hydrogens is 296 g/mol. The zero-order chi connectivity index (χ0) is 16.4. The van der Waals surface area contributed by atoms with Gasteiger partial charge in [-0.15, -0.1) is 0 Å². The molecule has 0 aliphatic heterocycles. The number of nitrogen functional groups attached to an aromatic ring is 1. The van der Waals surface area contributed by atoms with E-state index in [2.05, 4.69) is 9.97 Å². The summed E-state index contributed by atoms with van der Waals surface area (Å²) >= 11 is 0. The van der Waals surface area contributed by atoms with Gasteiger partial charge in [-0.3, -0.25) is 4.79 Å². The summed E-state index contributed by atoms with van der Waals surface area (Å²) in [6.45, 7) is 2.22. The molecule has 120 valence electrons. The highest BCUT2D eigenvalue weighted by Crippen LogP contribution is 2.31. The highest BCUT2D eigenvalue weighted by molar-refractivity contribution is 6.11. The molecule has 3 N–H and O–H groups in total. The van der Waals surface area contributed by atoms with Gasteiger partial charge in [-0.25, -0.2) is 9.97 Å². The number of aliphatic hydroxyl groups is 1. The molecule has 0 radical (unpaired) electrons. The number of carbonyl (C=O) groups excluding carboxylic acids is 1. The topological polar surface area (TPSA) is 103 Å². The quantitative estimate of drug-likeness (QED) is 0.687. The lowest BCUT2D eigenvalue weighted by atomic mass is 10.1. The van der Waals surface area contributed by atoms with Gasteiger partial charge in [0.1, 0.15) is 24.3 Å². The number of benzene rings is 1. The number of nitrogens with two attached hydrogens (primary N) is 1. The molecule has 0 saturated carbocycles. The number of carbonyl (C=O) groups is 1. The summed E-state index contributed by atoms with van der Waals surface area (Å²) < 4.78 is 6.82. The van der Waals surface area contributed by atoms with E-state index in [0.29, 0.717) is 29.9 Å². The van der Waals surface area contributed by atoms with Crippen molar-refractivity contribution in [1.29, 1.82) is 0 Å². The maximum absolute atomic E-state index is 11.9. The second-order valence-corrected chi connectivity index (χ2v) is 5.17. The zero-order valence-corrected chi connectivity index (χ0v) is 12.8. The molecule has 0 fully saturated rings. The second-order valence-electron chi connectivity index (χ2n) is 5.17. The highest BCUT2D eigenvalue weighted by atomic mass is 16.5. The normalized spacial score (nSPS) is 11.2. The number of hydrogen-bond acceptors (Lipinski definition) is 6. The summed E-state index contributed by atoms with van der Waals surface area (Å²) in [4.78, 5) is 20.2. The number of nitrogens with zero attached hydrogens (tertiary/aromatic N) is 3. The molecule has 3 aromatic rings. The van der Waals surface area contributed by atoms with Crippen LogP contribution in [-0.4, -0.2) is 38.8 Å². The van der Waals surface area contributed by atoms with Crippen LogP contribution in [0.4, 0.5) is 5.82 Å². The molecule has 0 spiro atoms. The van der Waals surface area contributed by atoms with Gasteiger partial charge in [0.2, 0.25) is 0 Å². The smallest absolute Gasteiger partial charge is 0.326 e. The molecule has 0 saturated heterocycles. The van der Waals surface area contributed by atoms with Gasteiger partial charge in [-0.05, 0) is 31.0 Å². The summed E-state index contributed by atoms with van der Waals surface area (Å²) in [5, 5.41) is 10.7. The van der Waals surface area contributed by atoms with Gasteiger partial charge in [0.15, 0.2) is 0 Å². The monoisotopic (exact) mass is 314 g/mol. The molecule has 7 heteroatoms. The number of aliphatic hydroxyl groups excluding tert-OH is 1. The fraction of sp³-hybridized carbons (Fsp3) is 0.312. The lowest BCUT2D eigenvalue weighted by molar-refractivity contribution is -0.143. The lowest BCUT2D eigenvalue weighted by Gasteiger charge is -2.06. The van der Waals surface area contributed by atoms with Crippen molar-refractivity contribution in [3.05, 3.63) is 30.1 Å². The van der Waals surface area contributed by atoms with Crippen LogP contribution in [0.15, 0.2) is 24.5 Å². The fourth-order valence-corrected chi connectivity index (χ4v) is 2.77. The van der Waals surface area contributed by atoms with Crippen LogP contribution < -0.4 is 5.73 Å². The molecule has 3 rings (SSSR count). The minimum Gasteiger partial charge on any atom is -0.465 e. The standard InChI is InChI=1S/C16H18N4O3/c1-2-23-13(22)8-20-12-4-3-10(5-6-21)7-11(12)14-15(17)18-9-19-16(14)20/h3-4,7,9,21H,2,5-6,8H2,1H3,(H2,17,18,19). The summed E-state index contributed by atoms with van der Waals surface area (Å²) in [6.07, 6.45) is 1.93. The Morgan fingerprint density at radius 2 is 2.22 bits per heavy atom. The molecule has 0 amide bonds. The molecular formula is C16H18N4O3. The Kier molecular flexibility index (Phi) is 4.12. The number of aromatic nitrogens is 3. The lowest BCUT2D eigenvalue weighted by Crippen LogP contribution is -2.13. The van der Waals surface area contributed by atoms with E-state index in [9.17, 15) is 4.79 Å². The average molecular weight is 314 g/mol. The first-order valence-electron chi connectivity index (χ1n) is 7.43. The van der Waals surface area contributed by atoms with Crippen LogP contribution in [0.1, 0.15) is 12.5 Å². The van der Waals surface area contributed by atoms with Gasteiger partial charge in [0.25, 0.3) is 0 Å². The van der Waals surface area contributed by atoms with Gasteiger partial charge in [-0.1, -0.05) is 6.07 Å². The van der Waals surface area contributed by atoms with Crippen molar-refractivity contribution < 1.29 is 14.6 Å². The van der Waals surface area contributed by atoms with Crippen molar-refractivity contribution in [2.24, 2.45) is 0 Å². The van der Waals surface area contributed by atoms with E-state index >= 15 is 0 Å². The van der Waals surface area contributed by atoms with Crippen LogP contribution in [0.2, 0.25) is 0 Å². The largest absolute Gasteiger partial charge is 0.465 e. The molecule has 0 unspecified atom stereocenters. The van der Waals surface area contributed by atoms with E-state index in [-0.39, 0.29) is 19.1 Å². The maximum atomic E-state index is 11.9. The minimum absolute atomic E-state index is 0.0592. The first-order valence-corrected chi connectivity index (χ1v) is 7.43. The molecule has 2 heterocycles. The molecule has 0 atom stereocenters. The number of esters is 1. The van der Waals surface area contributed by atoms with Crippen molar-refractivity contribution in [3.63, 3.8) is 0 Å². The Balaban J connectivity index is 2.24. The average Bonchev–Trinajstić information content (AvgIpc) is 2.83. The van der Waals surface area contributed by atoms with Crippen LogP contribution in [0.25, 0.3) is 21.9 Å². The summed E-state index contributed by atoms with van der Waals surface area (Å²) in [5.74, 6) is 0.0340. The summed E-state index contributed by atoms with van der Waals surface area (Å²) in [5.41, 5.74) is 8.44. The third kappa shape index (κ3) is 2.70. The molecule has 1 aromatic carbocycles. The fourth-order valence-electron chi connectivity index (χ4n) is 2.77. The first-order chi connectivity index (χ1) is 11.2. The minimum atomic E-state index is -0.331. The van der Waals surface area contributed by atoms with Crippen molar-refractivity contribution in [1.82, 2.24) is 14.5 Å². The van der Waals surface area contributed by atoms with Crippen LogP contribution >= 0.6 is 0 Å². The third-order valence-corrected chi connectivity index (χ3v) is 3.73. The van der Waals surface area contributed by atoms with Crippen molar-refractivity contribution in [2.75, 3.05) is 18.9 Å². The molecule has 7 nitrogen and oxygen atoms in total. The van der Waals surface area contributed by atoms with Crippen LogP contribution in [0, 0.1) is 0 Å². The SMILES string of the molecule is CCOC(=O)Cn1c2ccc(CCO)cc2c2c(N)ncnc21. The van der Waals surface area contributed by atoms with Crippen LogP contribution in [0.3, 0.4) is 0 Å². The predicted molar refractivity (Wildman–Crippen MR) is 86.9 cm³/mol. The number of rotatable bonds is 5. The highest BCUT2D eigenvalue weighted by Gasteiger charge is 2.17. The Bertz CT molecular complexity index is 873. The third-order valence-electron chi connectivity index (χ3n) is 3.73. The van der Waals surface area contributed by atoms with Crippen LogP contribution in [-0.2, 0) is 22.5 Å². The van der Waals surface area contributed by atoms with E-state index in [1.807, 2.05) is 18.2 Å². The molecule has 23 heavy (non-hydrogen) atoms. The first kappa shape index (κ1) is 15.2. The maximum Gasteiger partial charge on any atom is 0.326 e. The number of hydrogen-bond donors (Lipinski definition) is 2. The van der Waals surface area contributed by atoms with Gasteiger partial charge in [-0.2, -0.15) is 0 Å². The molecule has 2 aromatic heterocycles. The molecule has 0 aliphatic carbocycles. The van der Waals surface area contributed by atoms with E-state index in [1.165, 1.54) is 6.33 Å². The molecule has 0 aliphatic rings. The zero-order valence-electron chi connectivity index (χ0n) is 12.8. The van der Waals surface area contributed by atoms with Gasteiger partial charge >= 0.3 is 5.97 Å². The number of fused-ring (bicyclic) bond motifs is 3. The Labute approximate surface area is 132 Å². The Hall–Kier alpha value is -2.67. The van der Waals surface area contributed by atoms with E-state index in [1.54, 1.807) is 11.5 Å². The van der Waals surface area contributed by atoms with Gasteiger partial charge in [0.05, 0.1) is 17.5 Å². The predicted octanol–water partition coefficient (Wildman–Crippen LogP) is 1.26. The Morgan fingerprint density at radius 1 is 1.39 bits per heavy atom. The summed E-state index contributed by atoms with van der Waals surface area (Å²) in [7, 11) is 0. The van der Waals surface area contributed by atoms with E-state index in [4.69, 9.17) is 15.6 Å². The number of anilines is 1. The van der Waals surface area contributed by atoms with Gasteiger partial charge in [0, 0.05) is 12.0 Å². The summed E-state index contributed by atoms with van der Waals surface area (Å²) in [6, 6.07) is 5.78. The Morgan fingerprint density at radius 3 is 2.96 bits per heavy atom. The molecule has 0 bridgehead atoms. The van der Waals surface area contributed by atoms with Crippen molar-refractivity contribution >= 4 is 33.7 Å². The van der Waals surface area contributed by atoms with Gasteiger partial charge < -0.3 is 20.1 Å². The second kappa shape index (κ2) is 6.21.